The Bertz CT molecular complexity index is 632. The summed E-state index contributed by atoms with van der Waals surface area (Å²) in [6.45, 7) is 4.45. The molecule has 1 aromatic heterocycles. The van der Waals surface area contributed by atoms with Crippen LogP contribution in [0.2, 0.25) is 0 Å². The second kappa shape index (κ2) is 5.41. The zero-order chi connectivity index (χ0) is 14.1. The molecule has 0 spiro atoms. The summed E-state index contributed by atoms with van der Waals surface area (Å²) in [6, 6.07) is 6.51. The molecule has 1 aromatic carbocycles. The van der Waals surface area contributed by atoms with Gasteiger partial charge in [-0.2, -0.15) is 0 Å². The normalized spacial score (nSPS) is 14.6. The Balaban J connectivity index is 2.21. The number of aryl methyl sites for hydroxylation is 2. The van der Waals surface area contributed by atoms with Gasteiger partial charge < -0.3 is 5.43 Å². The monoisotopic (exact) mass is 269 g/mol. The Morgan fingerprint density at radius 2 is 2.05 bits per heavy atom. The van der Waals surface area contributed by atoms with Gasteiger partial charge in [-0.3, -0.25) is 10.8 Å². The van der Waals surface area contributed by atoms with Crippen molar-refractivity contribution in [2.75, 3.05) is 5.43 Å². The van der Waals surface area contributed by atoms with Crippen molar-refractivity contribution in [2.24, 2.45) is 11.8 Å². The highest BCUT2D eigenvalue weighted by Crippen LogP contribution is 2.32. The third kappa shape index (κ3) is 2.38. The molecule has 0 aliphatic heterocycles. The van der Waals surface area contributed by atoms with Gasteiger partial charge in [-0.15, -0.1) is 0 Å². The number of rotatable bonds is 3. The van der Waals surface area contributed by atoms with Gasteiger partial charge in [0.2, 0.25) is 0 Å². The van der Waals surface area contributed by atoms with Gasteiger partial charge in [-0.05, 0) is 55.2 Å². The lowest BCUT2D eigenvalue weighted by Crippen LogP contribution is -2.11. The van der Waals surface area contributed by atoms with Gasteiger partial charge in [0.15, 0.2) is 0 Å². The third-order valence-corrected chi connectivity index (χ3v) is 4.13. The van der Waals surface area contributed by atoms with Crippen LogP contribution in [0.4, 0.5) is 5.69 Å². The molecule has 0 amide bonds. The summed E-state index contributed by atoms with van der Waals surface area (Å²) in [5, 5.41) is 1.15. The Hall–Kier alpha value is -1.61. The van der Waals surface area contributed by atoms with Gasteiger partial charge in [-0.1, -0.05) is 26.0 Å². The van der Waals surface area contributed by atoms with E-state index in [1.165, 1.54) is 30.4 Å². The van der Waals surface area contributed by atoms with E-state index in [9.17, 15) is 0 Å². The number of hydrogen-bond donors (Lipinski definition) is 2. The highest BCUT2D eigenvalue weighted by atomic mass is 15.2. The summed E-state index contributed by atoms with van der Waals surface area (Å²) in [5.74, 6) is 6.32. The molecule has 1 heterocycles. The summed E-state index contributed by atoms with van der Waals surface area (Å²) < 4.78 is 0. The predicted molar refractivity (Wildman–Crippen MR) is 84.7 cm³/mol. The SMILES string of the molecule is CC(C)Cc1cc(NN)c2ccc3c(c2n1)CCCC3. The van der Waals surface area contributed by atoms with E-state index in [0.717, 1.165) is 35.1 Å². The first-order valence-electron chi connectivity index (χ1n) is 7.60. The Morgan fingerprint density at radius 1 is 1.25 bits per heavy atom. The fraction of sp³-hybridized carbons (Fsp3) is 0.471. The second-order valence-corrected chi connectivity index (χ2v) is 6.21. The summed E-state index contributed by atoms with van der Waals surface area (Å²) in [4.78, 5) is 4.94. The first kappa shape index (κ1) is 13.4. The number of hydrogen-bond acceptors (Lipinski definition) is 3. The summed E-state index contributed by atoms with van der Waals surface area (Å²) in [5.41, 5.74) is 9.06. The van der Waals surface area contributed by atoms with Crippen molar-refractivity contribution in [1.29, 1.82) is 0 Å². The van der Waals surface area contributed by atoms with Gasteiger partial charge in [0.05, 0.1) is 11.2 Å². The molecule has 0 unspecified atom stereocenters. The molecule has 3 N–H and O–H groups in total. The standard InChI is InChI=1S/C17H23N3/c1-11(2)9-13-10-16(20-18)15-8-7-12-5-3-4-6-14(12)17(15)19-13/h7-8,10-11H,3-6,9,18H2,1-2H3,(H,19,20). The van der Waals surface area contributed by atoms with Crippen LogP contribution in [0, 0.1) is 5.92 Å². The number of nitrogen functional groups attached to an aromatic ring is 1. The minimum Gasteiger partial charge on any atom is -0.323 e. The van der Waals surface area contributed by atoms with Crippen molar-refractivity contribution < 1.29 is 0 Å². The summed E-state index contributed by atoms with van der Waals surface area (Å²) in [7, 11) is 0. The van der Waals surface area contributed by atoms with E-state index in [1.54, 1.807) is 0 Å². The molecule has 1 aliphatic carbocycles. The first-order chi connectivity index (χ1) is 9.69. The fourth-order valence-electron chi connectivity index (χ4n) is 3.22. The Morgan fingerprint density at radius 3 is 2.80 bits per heavy atom. The van der Waals surface area contributed by atoms with E-state index in [4.69, 9.17) is 10.8 Å². The molecule has 106 valence electrons. The van der Waals surface area contributed by atoms with Crippen molar-refractivity contribution >= 4 is 16.6 Å². The van der Waals surface area contributed by atoms with Crippen molar-refractivity contribution in [1.82, 2.24) is 4.98 Å². The molecule has 3 heteroatoms. The molecular formula is C17H23N3. The molecule has 2 aromatic rings. The number of nitrogens with one attached hydrogen (secondary N) is 1. The molecule has 3 nitrogen and oxygen atoms in total. The number of nitrogens with two attached hydrogens (primary N) is 1. The minimum atomic E-state index is 0.602. The lowest BCUT2D eigenvalue weighted by molar-refractivity contribution is 0.636. The number of hydrazine groups is 1. The predicted octanol–water partition coefficient (Wildman–Crippen LogP) is 3.60. The summed E-state index contributed by atoms with van der Waals surface area (Å²) >= 11 is 0. The molecule has 0 radical (unpaired) electrons. The van der Waals surface area contributed by atoms with Gasteiger partial charge in [0, 0.05) is 11.1 Å². The van der Waals surface area contributed by atoms with Crippen LogP contribution in [-0.2, 0) is 19.3 Å². The van der Waals surface area contributed by atoms with E-state index in [0.29, 0.717) is 5.92 Å². The van der Waals surface area contributed by atoms with E-state index < -0.39 is 0 Å². The minimum absolute atomic E-state index is 0.602. The highest BCUT2D eigenvalue weighted by Gasteiger charge is 2.16. The van der Waals surface area contributed by atoms with Crippen LogP contribution >= 0.6 is 0 Å². The zero-order valence-corrected chi connectivity index (χ0v) is 12.4. The van der Waals surface area contributed by atoms with Crippen molar-refractivity contribution in [3.8, 4) is 0 Å². The van der Waals surface area contributed by atoms with Crippen LogP contribution < -0.4 is 11.3 Å². The molecule has 0 atom stereocenters. The molecule has 0 saturated carbocycles. The topological polar surface area (TPSA) is 50.9 Å². The Kier molecular flexibility index (Phi) is 3.62. The Labute approximate surface area is 120 Å². The van der Waals surface area contributed by atoms with Crippen molar-refractivity contribution in [3.05, 3.63) is 35.0 Å². The molecule has 0 fully saturated rings. The fourth-order valence-corrected chi connectivity index (χ4v) is 3.22. The summed E-state index contributed by atoms with van der Waals surface area (Å²) in [6.07, 6.45) is 5.90. The highest BCUT2D eigenvalue weighted by molar-refractivity contribution is 5.94. The van der Waals surface area contributed by atoms with E-state index in [-0.39, 0.29) is 0 Å². The van der Waals surface area contributed by atoms with Gasteiger partial charge in [-0.25, -0.2) is 0 Å². The number of aromatic nitrogens is 1. The first-order valence-corrected chi connectivity index (χ1v) is 7.60. The molecule has 20 heavy (non-hydrogen) atoms. The largest absolute Gasteiger partial charge is 0.323 e. The van der Waals surface area contributed by atoms with Crippen LogP contribution in [0.15, 0.2) is 18.2 Å². The van der Waals surface area contributed by atoms with Crippen molar-refractivity contribution in [2.45, 2.75) is 46.0 Å². The number of pyridine rings is 1. The zero-order valence-electron chi connectivity index (χ0n) is 12.4. The lowest BCUT2D eigenvalue weighted by atomic mass is 9.89. The maximum atomic E-state index is 5.71. The lowest BCUT2D eigenvalue weighted by Gasteiger charge is -2.19. The number of nitrogens with zero attached hydrogens (tertiary/aromatic N) is 1. The molecule has 0 bridgehead atoms. The maximum Gasteiger partial charge on any atom is 0.0761 e. The smallest absolute Gasteiger partial charge is 0.0761 e. The quantitative estimate of drug-likeness (QED) is 0.661. The molecular weight excluding hydrogens is 246 g/mol. The second-order valence-electron chi connectivity index (χ2n) is 6.21. The van der Waals surface area contributed by atoms with Crippen LogP contribution in [0.25, 0.3) is 10.9 Å². The average molecular weight is 269 g/mol. The van der Waals surface area contributed by atoms with E-state index in [2.05, 4.69) is 37.5 Å². The molecule has 3 rings (SSSR count). The van der Waals surface area contributed by atoms with E-state index in [1.807, 2.05) is 0 Å². The van der Waals surface area contributed by atoms with E-state index >= 15 is 0 Å². The van der Waals surface area contributed by atoms with Crippen LogP contribution in [0.3, 0.4) is 0 Å². The van der Waals surface area contributed by atoms with Crippen LogP contribution in [0.1, 0.15) is 43.5 Å². The van der Waals surface area contributed by atoms with Gasteiger partial charge in [0.25, 0.3) is 0 Å². The number of anilines is 1. The number of benzene rings is 1. The third-order valence-electron chi connectivity index (χ3n) is 4.13. The average Bonchev–Trinajstić information content (AvgIpc) is 2.45. The van der Waals surface area contributed by atoms with Crippen molar-refractivity contribution in [3.63, 3.8) is 0 Å². The molecule has 0 saturated heterocycles. The van der Waals surface area contributed by atoms with Crippen LogP contribution in [-0.4, -0.2) is 4.98 Å². The number of fused-ring (bicyclic) bond motifs is 3. The van der Waals surface area contributed by atoms with Gasteiger partial charge in [0.1, 0.15) is 0 Å². The molecule has 1 aliphatic rings. The maximum absolute atomic E-state index is 5.71. The van der Waals surface area contributed by atoms with Crippen LogP contribution in [0.5, 0.6) is 0 Å². The van der Waals surface area contributed by atoms with Gasteiger partial charge >= 0.3 is 0 Å².